The first-order valence-corrected chi connectivity index (χ1v) is 7.27. The number of nitrogens with zero attached hydrogens (tertiary/aromatic N) is 3. The van der Waals surface area contributed by atoms with Gasteiger partial charge in [-0.15, -0.1) is 11.8 Å². The van der Waals surface area contributed by atoms with Crippen molar-refractivity contribution >= 4 is 27.8 Å². The van der Waals surface area contributed by atoms with Crippen LogP contribution in [0, 0.1) is 0 Å². The number of aromatic nitrogens is 2. The fourth-order valence-electron chi connectivity index (χ4n) is 1.60. The third-order valence-electron chi connectivity index (χ3n) is 2.38. The zero-order valence-corrected chi connectivity index (χ0v) is 10.6. The number of imidazole rings is 1. The quantitative estimate of drug-likeness (QED) is 0.806. The number of aliphatic carboxylic acids is 1. The van der Waals surface area contributed by atoms with Crippen LogP contribution < -0.4 is 0 Å². The first-order valence-electron chi connectivity index (χ1n) is 4.78. The molecular weight excluding hydrogens is 266 g/mol. The molecule has 1 aliphatic rings. The molecule has 2 heterocycles. The molecule has 1 aliphatic heterocycles. The Labute approximate surface area is 102 Å². The number of carboxylic acid groups (broad SMARTS) is 1. The molecule has 0 bridgehead atoms. The minimum Gasteiger partial charge on any atom is -0.479 e. The molecule has 0 amide bonds. The molecule has 2 rings (SSSR count). The van der Waals surface area contributed by atoms with Crippen molar-refractivity contribution in [1.29, 1.82) is 0 Å². The Morgan fingerprint density at radius 2 is 2.35 bits per heavy atom. The highest BCUT2D eigenvalue weighted by Crippen LogP contribution is 2.29. The second kappa shape index (κ2) is 4.31. The van der Waals surface area contributed by atoms with Crippen LogP contribution in [0.4, 0.5) is 0 Å². The Kier molecular flexibility index (Phi) is 3.15. The van der Waals surface area contributed by atoms with Crippen LogP contribution in [0.15, 0.2) is 17.6 Å². The van der Waals surface area contributed by atoms with E-state index in [1.165, 1.54) is 17.0 Å². The number of thioether (sulfide) groups is 1. The van der Waals surface area contributed by atoms with Gasteiger partial charge in [-0.2, -0.15) is 4.31 Å². The Morgan fingerprint density at radius 3 is 2.88 bits per heavy atom. The van der Waals surface area contributed by atoms with Crippen molar-refractivity contribution in [3.05, 3.63) is 12.4 Å². The van der Waals surface area contributed by atoms with E-state index >= 15 is 0 Å². The molecule has 17 heavy (non-hydrogen) atoms. The van der Waals surface area contributed by atoms with Gasteiger partial charge in [-0.3, -0.25) is 0 Å². The smallest absolute Gasteiger partial charge is 0.332 e. The minimum atomic E-state index is -3.84. The second-order valence-electron chi connectivity index (χ2n) is 3.50. The van der Waals surface area contributed by atoms with Gasteiger partial charge in [0.1, 0.15) is 0 Å². The molecule has 0 aromatic carbocycles. The van der Waals surface area contributed by atoms with Gasteiger partial charge in [0.15, 0.2) is 5.37 Å². The maximum absolute atomic E-state index is 12.2. The normalized spacial score (nSPS) is 21.8. The van der Waals surface area contributed by atoms with Gasteiger partial charge < -0.3 is 9.67 Å². The van der Waals surface area contributed by atoms with Crippen LogP contribution in [0.1, 0.15) is 0 Å². The maximum Gasteiger partial charge on any atom is 0.332 e. The second-order valence-corrected chi connectivity index (χ2v) is 6.47. The van der Waals surface area contributed by atoms with Crippen LogP contribution >= 0.6 is 11.8 Å². The van der Waals surface area contributed by atoms with Gasteiger partial charge in [0.25, 0.3) is 10.0 Å². The minimum absolute atomic E-state index is 0.133. The lowest BCUT2D eigenvalue weighted by Gasteiger charge is -2.19. The molecular formula is C8H11N3O4S2. The third kappa shape index (κ3) is 2.05. The van der Waals surface area contributed by atoms with Gasteiger partial charge in [-0.1, -0.05) is 0 Å². The largest absolute Gasteiger partial charge is 0.479 e. The fourth-order valence-corrected chi connectivity index (χ4v) is 4.68. The summed E-state index contributed by atoms with van der Waals surface area (Å²) in [4.78, 5) is 14.7. The van der Waals surface area contributed by atoms with Gasteiger partial charge in [0.05, 0.1) is 0 Å². The van der Waals surface area contributed by atoms with Crippen LogP contribution in [-0.4, -0.2) is 51.0 Å². The summed E-state index contributed by atoms with van der Waals surface area (Å²) in [5.41, 5.74) is 0. The molecule has 1 aromatic rings. The number of hydrogen-bond donors (Lipinski definition) is 1. The van der Waals surface area contributed by atoms with Crippen molar-refractivity contribution in [2.45, 2.75) is 10.5 Å². The van der Waals surface area contributed by atoms with Crippen LogP contribution in [0.25, 0.3) is 0 Å². The highest BCUT2D eigenvalue weighted by atomic mass is 32.2. The van der Waals surface area contributed by atoms with Crippen molar-refractivity contribution in [1.82, 2.24) is 13.9 Å². The molecule has 0 saturated carbocycles. The predicted octanol–water partition coefficient (Wildman–Crippen LogP) is -0.432. The van der Waals surface area contributed by atoms with E-state index in [0.29, 0.717) is 5.75 Å². The Balaban J connectivity index is 2.40. The van der Waals surface area contributed by atoms with E-state index in [4.69, 9.17) is 5.11 Å². The summed E-state index contributed by atoms with van der Waals surface area (Å²) < 4.78 is 26.7. The number of rotatable bonds is 3. The molecule has 1 N–H and O–H groups in total. The summed E-state index contributed by atoms with van der Waals surface area (Å²) in [6, 6.07) is 0. The molecule has 1 fully saturated rings. The summed E-state index contributed by atoms with van der Waals surface area (Å²) in [5, 5.41) is 7.77. The van der Waals surface area contributed by atoms with Crippen LogP contribution in [0.2, 0.25) is 0 Å². The Morgan fingerprint density at radius 1 is 1.65 bits per heavy atom. The zero-order chi connectivity index (χ0) is 12.6. The first kappa shape index (κ1) is 12.4. The highest BCUT2D eigenvalue weighted by molar-refractivity contribution is 8.02. The number of carboxylic acids is 1. The first-order chi connectivity index (χ1) is 7.94. The van der Waals surface area contributed by atoms with E-state index in [2.05, 4.69) is 4.98 Å². The lowest BCUT2D eigenvalue weighted by atomic mass is 10.6. The Hall–Kier alpha value is -1.06. The number of hydrogen-bond acceptors (Lipinski definition) is 5. The average Bonchev–Trinajstić information content (AvgIpc) is 2.84. The predicted molar refractivity (Wildman–Crippen MR) is 61.0 cm³/mol. The zero-order valence-electron chi connectivity index (χ0n) is 8.98. The standard InChI is InChI=1S/C8H11N3O4S2/c1-10-3-2-9-8(10)17(14,15)11-4-5-16-6(11)7(12)13/h2-3,6H,4-5H2,1H3,(H,12,13)/t6-/m0/s1. The molecule has 1 aromatic heterocycles. The van der Waals surface area contributed by atoms with Gasteiger partial charge in [0, 0.05) is 31.7 Å². The molecule has 0 radical (unpaired) electrons. The molecule has 1 saturated heterocycles. The average molecular weight is 277 g/mol. The van der Waals surface area contributed by atoms with E-state index in [1.54, 1.807) is 7.05 Å². The molecule has 0 aliphatic carbocycles. The maximum atomic E-state index is 12.2. The molecule has 9 heteroatoms. The van der Waals surface area contributed by atoms with Crippen LogP contribution in [0.5, 0.6) is 0 Å². The molecule has 1 atom stereocenters. The highest BCUT2D eigenvalue weighted by Gasteiger charge is 2.41. The van der Waals surface area contributed by atoms with Crippen molar-refractivity contribution < 1.29 is 18.3 Å². The van der Waals surface area contributed by atoms with E-state index < -0.39 is 21.4 Å². The van der Waals surface area contributed by atoms with Crippen molar-refractivity contribution in [2.75, 3.05) is 12.3 Å². The molecule has 0 unspecified atom stereocenters. The van der Waals surface area contributed by atoms with Crippen molar-refractivity contribution in [3.63, 3.8) is 0 Å². The topological polar surface area (TPSA) is 92.5 Å². The molecule has 0 spiro atoms. The van der Waals surface area contributed by atoms with Crippen molar-refractivity contribution in [2.24, 2.45) is 7.05 Å². The monoisotopic (exact) mass is 277 g/mol. The van der Waals surface area contributed by atoms with E-state index in [-0.39, 0.29) is 11.7 Å². The van der Waals surface area contributed by atoms with Gasteiger partial charge >= 0.3 is 5.97 Å². The van der Waals surface area contributed by atoms with Crippen LogP contribution in [-0.2, 0) is 21.9 Å². The lowest BCUT2D eigenvalue weighted by Crippen LogP contribution is -2.40. The summed E-state index contributed by atoms with van der Waals surface area (Å²) in [6.45, 7) is 0.191. The summed E-state index contributed by atoms with van der Waals surface area (Å²) in [5.74, 6) is -0.675. The van der Waals surface area contributed by atoms with Gasteiger partial charge in [-0.25, -0.2) is 18.2 Å². The van der Waals surface area contributed by atoms with Gasteiger partial charge in [-0.05, 0) is 0 Å². The van der Waals surface area contributed by atoms with Crippen LogP contribution in [0.3, 0.4) is 0 Å². The van der Waals surface area contributed by atoms with Crippen molar-refractivity contribution in [3.8, 4) is 0 Å². The number of aryl methyl sites for hydroxylation is 1. The summed E-state index contributed by atoms with van der Waals surface area (Å²) in [6.07, 6.45) is 2.87. The lowest BCUT2D eigenvalue weighted by molar-refractivity contribution is -0.138. The van der Waals surface area contributed by atoms with E-state index in [1.807, 2.05) is 0 Å². The number of sulfonamides is 1. The Bertz CT molecular complexity index is 539. The van der Waals surface area contributed by atoms with E-state index in [0.717, 1.165) is 16.1 Å². The van der Waals surface area contributed by atoms with Gasteiger partial charge in [0.2, 0.25) is 5.16 Å². The molecule has 7 nitrogen and oxygen atoms in total. The summed E-state index contributed by atoms with van der Waals surface area (Å²) >= 11 is 1.10. The summed E-state index contributed by atoms with van der Waals surface area (Å²) in [7, 11) is -2.28. The SMILES string of the molecule is Cn1ccnc1S(=O)(=O)N1CCS[C@H]1C(=O)O. The number of carbonyl (C=O) groups is 1. The third-order valence-corrected chi connectivity index (χ3v) is 5.57. The fraction of sp³-hybridized carbons (Fsp3) is 0.500. The molecule has 94 valence electrons. The van der Waals surface area contributed by atoms with E-state index in [9.17, 15) is 13.2 Å².